The summed E-state index contributed by atoms with van der Waals surface area (Å²) in [6.45, 7) is 2.98. The number of ketones is 1. The molecular weight excluding hydrogens is 529 g/mol. The SMILES string of the molecule is Cc1cc(N(CCCO)CCCO)ccc1N=C1C=C(NC(=O)C(F)(F)F)C(=O)C2=C1NC(=O)C21CCCCC1. The fourth-order valence-corrected chi connectivity index (χ4v) is 5.57. The summed E-state index contributed by atoms with van der Waals surface area (Å²) in [5, 5.41) is 23.0. The number of benzene rings is 1. The fraction of sp³-hybridized carbons (Fsp3) is 0.500. The Kier molecular flexibility index (Phi) is 8.79. The van der Waals surface area contributed by atoms with Gasteiger partial charge in [-0.05, 0) is 62.4 Å². The number of halogens is 3. The Balaban J connectivity index is 1.76. The van der Waals surface area contributed by atoms with E-state index in [-0.39, 0.29) is 36.1 Å². The molecule has 12 heteroatoms. The van der Waals surface area contributed by atoms with Crippen LogP contribution in [0.3, 0.4) is 0 Å². The third-order valence-corrected chi connectivity index (χ3v) is 7.58. The highest BCUT2D eigenvalue weighted by Gasteiger charge is 2.54. The van der Waals surface area contributed by atoms with Crippen LogP contribution in [-0.4, -0.2) is 66.0 Å². The summed E-state index contributed by atoms with van der Waals surface area (Å²) in [6, 6.07) is 5.38. The van der Waals surface area contributed by atoms with Crippen molar-refractivity contribution in [2.75, 3.05) is 31.2 Å². The molecule has 40 heavy (non-hydrogen) atoms. The summed E-state index contributed by atoms with van der Waals surface area (Å²) in [7, 11) is 0. The number of carbonyl (C=O) groups excluding carboxylic acids is 3. The number of amides is 2. The predicted octanol–water partition coefficient (Wildman–Crippen LogP) is 3.12. The van der Waals surface area contributed by atoms with Gasteiger partial charge in [0.2, 0.25) is 11.7 Å². The Morgan fingerprint density at radius 1 is 1.10 bits per heavy atom. The van der Waals surface area contributed by atoms with E-state index in [0.29, 0.717) is 62.9 Å². The Hall–Kier alpha value is -3.51. The van der Waals surface area contributed by atoms with Crippen LogP contribution in [0.25, 0.3) is 0 Å². The number of rotatable bonds is 9. The summed E-state index contributed by atoms with van der Waals surface area (Å²) >= 11 is 0. The molecule has 4 rings (SSSR count). The molecule has 2 amide bonds. The topological polar surface area (TPSA) is 131 Å². The Bertz CT molecular complexity index is 1270. The zero-order chi connectivity index (χ0) is 29.1. The number of hydrogen-bond acceptors (Lipinski definition) is 7. The molecule has 1 fully saturated rings. The van der Waals surface area contributed by atoms with Crippen LogP contribution in [0.4, 0.5) is 24.5 Å². The summed E-state index contributed by atoms with van der Waals surface area (Å²) in [5.74, 6) is -3.48. The minimum atomic E-state index is -5.20. The third kappa shape index (κ3) is 5.83. The van der Waals surface area contributed by atoms with Gasteiger partial charge in [-0.1, -0.05) is 19.3 Å². The number of fused-ring (bicyclic) bond motifs is 1. The number of anilines is 1. The molecule has 0 radical (unpaired) electrons. The van der Waals surface area contributed by atoms with Gasteiger partial charge in [0.15, 0.2) is 0 Å². The number of alkyl halides is 3. The van der Waals surface area contributed by atoms with Crippen molar-refractivity contribution in [1.82, 2.24) is 10.6 Å². The summed E-state index contributed by atoms with van der Waals surface area (Å²) in [5.41, 5.74) is 0.570. The van der Waals surface area contributed by atoms with Crippen molar-refractivity contribution in [2.45, 2.75) is 58.0 Å². The normalized spacial score (nSPS) is 19.6. The Morgan fingerprint density at radius 3 is 2.33 bits per heavy atom. The number of aliphatic imine (C=N–C) groups is 1. The molecule has 1 heterocycles. The smallest absolute Gasteiger partial charge is 0.396 e. The van der Waals surface area contributed by atoms with E-state index in [0.717, 1.165) is 18.2 Å². The van der Waals surface area contributed by atoms with Crippen LogP contribution in [0.1, 0.15) is 50.5 Å². The molecule has 1 aromatic rings. The van der Waals surface area contributed by atoms with E-state index >= 15 is 0 Å². The number of allylic oxidation sites excluding steroid dienone is 2. The lowest BCUT2D eigenvalue weighted by Gasteiger charge is -2.33. The van der Waals surface area contributed by atoms with Crippen molar-refractivity contribution in [1.29, 1.82) is 0 Å². The first kappa shape index (κ1) is 29.5. The van der Waals surface area contributed by atoms with Crippen LogP contribution in [-0.2, 0) is 14.4 Å². The van der Waals surface area contributed by atoms with Gasteiger partial charge in [0.1, 0.15) is 0 Å². The number of aliphatic hydroxyl groups excluding tert-OH is 2. The molecule has 4 N–H and O–H groups in total. The lowest BCUT2D eigenvalue weighted by atomic mass is 9.67. The maximum atomic E-state index is 13.4. The molecule has 0 saturated heterocycles. The predicted molar refractivity (Wildman–Crippen MR) is 142 cm³/mol. The highest BCUT2D eigenvalue weighted by molar-refractivity contribution is 6.30. The van der Waals surface area contributed by atoms with E-state index in [1.54, 1.807) is 24.4 Å². The number of carbonyl (C=O) groups is 3. The van der Waals surface area contributed by atoms with E-state index in [4.69, 9.17) is 0 Å². The average Bonchev–Trinajstić information content (AvgIpc) is 3.19. The molecule has 216 valence electrons. The number of Topliss-reactive ketones (excluding diaryl/α,β-unsaturated/α-hetero) is 1. The van der Waals surface area contributed by atoms with Gasteiger partial charge in [-0.25, -0.2) is 4.99 Å². The number of nitrogens with one attached hydrogen (secondary N) is 2. The summed E-state index contributed by atoms with van der Waals surface area (Å²) < 4.78 is 39.2. The van der Waals surface area contributed by atoms with E-state index in [9.17, 15) is 37.8 Å². The molecule has 9 nitrogen and oxygen atoms in total. The maximum Gasteiger partial charge on any atom is 0.471 e. The monoisotopic (exact) mass is 562 g/mol. The van der Waals surface area contributed by atoms with E-state index < -0.39 is 29.0 Å². The van der Waals surface area contributed by atoms with Gasteiger partial charge < -0.3 is 25.7 Å². The highest BCUT2D eigenvalue weighted by Crippen LogP contribution is 2.49. The number of nitrogens with zero attached hydrogens (tertiary/aromatic N) is 2. The van der Waals surface area contributed by atoms with Gasteiger partial charge in [0.25, 0.3) is 0 Å². The molecule has 1 saturated carbocycles. The standard InChI is InChI=1S/C28H33F3N4O5/c1-17-15-18(35(11-5-13-36)12-6-14-37)7-8-19(17)32-20-16-21(33-26(40)28(29,30)31)24(38)22-23(20)34-25(39)27(22)9-3-2-4-10-27/h7-8,15-16,36-37H,2-6,9-14H2,1H3,(H,33,40)(H,34,39). The zero-order valence-corrected chi connectivity index (χ0v) is 22.2. The van der Waals surface area contributed by atoms with Crippen LogP contribution in [0.5, 0.6) is 0 Å². The quantitative estimate of drug-likeness (QED) is 0.342. The first-order valence-corrected chi connectivity index (χ1v) is 13.4. The molecule has 1 aliphatic heterocycles. The van der Waals surface area contributed by atoms with Crippen LogP contribution >= 0.6 is 0 Å². The molecule has 1 spiro atoms. The molecule has 0 bridgehead atoms. The molecule has 2 aliphatic carbocycles. The summed E-state index contributed by atoms with van der Waals surface area (Å²) in [6.07, 6.45) is -0.0531. The number of aryl methyl sites for hydroxylation is 1. The maximum absolute atomic E-state index is 13.4. The van der Waals surface area contributed by atoms with Crippen LogP contribution in [0, 0.1) is 12.3 Å². The van der Waals surface area contributed by atoms with E-state index in [2.05, 4.69) is 10.3 Å². The van der Waals surface area contributed by atoms with Crippen molar-refractivity contribution < 1.29 is 37.8 Å². The summed E-state index contributed by atoms with van der Waals surface area (Å²) in [4.78, 5) is 45.1. The van der Waals surface area contributed by atoms with Gasteiger partial charge >= 0.3 is 12.1 Å². The molecular formula is C28H33F3N4O5. The third-order valence-electron chi connectivity index (χ3n) is 7.58. The van der Waals surface area contributed by atoms with Gasteiger partial charge in [0.05, 0.1) is 28.2 Å². The van der Waals surface area contributed by atoms with Crippen molar-refractivity contribution in [3.05, 3.63) is 46.8 Å². The van der Waals surface area contributed by atoms with Crippen molar-refractivity contribution in [3.8, 4) is 0 Å². The highest BCUT2D eigenvalue weighted by atomic mass is 19.4. The lowest BCUT2D eigenvalue weighted by molar-refractivity contribution is -0.172. The van der Waals surface area contributed by atoms with E-state index in [1.807, 2.05) is 11.0 Å². The Labute approximate surface area is 229 Å². The first-order valence-electron chi connectivity index (χ1n) is 13.4. The fourth-order valence-electron chi connectivity index (χ4n) is 5.57. The minimum Gasteiger partial charge on any atom is -0.396 e. The second-order valence-electron chi connectivity index (χ2n) is 10.3. The van der Waals surface area contributed by atoms with Crippen molar-refractivity contribution >= 4 is 34.7 Å². The lowest BCUT2D eigenvalue weighted by Crippen LogP contribution is -2.42. The van der Waals surface area contributed by atoms with Gasteiger partial charge in [0, 0.05) is 37.6 Å². The Morgan fingerprint density at radius 2 is 1.75 bits per heavy atom. The van der Waals surface area contributed by atoms with Gasteiger partial charge in [-0.2, -0.15) is 13.2 Å². The van der Waals surface area contributed by atoms with Crippen molar-refractivity contribution in [2.24, 2.45) is 10.4 Å². The first-order chi connectivity index (χ1) is 19.0. The molecule has 0 aromatic heterocycles. The number of hydrogen-bond donors (Lipinski definition) is 4. The average molecular weight is 563 g/mol. The zero-order valence-electron chi connectivity index (χ0n) is 22.2. The second kappa shape index (κ2) is 11.9. The van der Waals surface area contributed by atoms with Crippen LogP contribution in [0.2, 0.25) is 0 Å². The van der Waals surface area contributed by atoms with Crippen LogP contribution < -0.4 is 15.5 Å². The largest absolute Gasteiger partial charge is 0.471 e. The second-order valence-corrected chi connectivity index (χ2v) is 10.3. The molecule has 0 atom stereocenters. The van der Waals surface area contributed by atoms with Gasteiger partial charge in [-0.15, -0.1) is 0 Å². The molecule has 0 unspecified atom stereocenters. The van der Waals surface area contributed by atoms with Gasteiger partial charge in [-0.3, -0.25) is 14.4 Å². The van der Waals surface area contributed by atoms with Crippen molar-refractivity contribution in [3.63, 3.8) is 0 Å². The number of aliphatic hydroxyl groups is 2. The minimum absolute atomic E-state index is 0.0171. The molecule has 3 aliphatic rings. The van der Waals surface area contributed by atoms with E-state index in [1.165, 1.54) is 0 Å². The molecule has 1 aromatic carbocycles. The van der Waals surface area contributed by atoms with Crippen LogP contribution in [0.15, 0.2) is 46.2 Å².